The topological polar surface area (TPSA) is 85.6 Å². The number of nitrogens with zero attached hydrogens (tertiary/aromatic N) is 3. The summed E-state index contributed by atoms with van der Waals surface area (Å²) in [5.74, 6) is 0.216. The number of nitro benzene ring substituents is 1. The van der Waals surface area contributed by atoms with E-state index in [-0.39, 0.29) is 17.7 Å². The fourth-order valence-corrected chi connectivity index (χ4v) is 2.45. The number of likely N-dealkylation sites (tertiary alicyclic amines) is 1. The van der Waals surface area contributed by atoms with E-state index in [2.05, 4.69) is 4.98 Å². The van der Waals surface area contributed by atoms with Gasteiger partial charge in [0.1, 0.15) is 11.1 Å². The van der Waals surface area contributed by atoms with Crippen molar-refractivity contribution in [1.29, 1.82) is 0 Å². The van der Waals surface area contributed by atoms with Crippen LogP contribution in [-0.2, 0) is 4.79 Å². The fourth-order valence-electron chi connectivity index (χ4n) is 2.29. The third-order valence-electron chi connectivity index (χ3n) is 3.68. The van der Waals surface area contributed by atoms with E-state index in [1.807, 2.05) is 0 Å². The number of hydrogen-bond donors (Lipinski definition) is 0. The molecule has 1 aliphatic heterocycles. The molecule has 1 amide bonds. The van der Waals surface area contributed by atoms with Gasteiger partial charge in [0.2, 0.25) is 11.8 Å². The number of amides is 1. The second-order valence-electron chi connectivity index (χ2n) is 5.46. The molecule has 1 fully saturated rings. The average molecular weight is 360 g/mol. The molecule has 0 radical (unpaired) electrons. The molecule has 8 heteroatoms. The van der Waals surface area contributed by atoms with Gasteiger partial charge in [0.25, 0.3) is 5.69 Å². The molecule has 1 aromatic carbocycles. The Morgan fingerprint density at radius 1 is 1.32 bits per heavy atom. The SMILES string of the molecule is O=C(/C=C/c1ccc([N+](=O)[O-])cc1)N1CC(Oc2ncccc2Cl)C1. The van der Waals surface area contributed by atoms with E-state index in [1.54, 1.807) is 41.4 Å². The zero-order chi connectivity index (χ0) is 17.8. The van der Waals surface area contributed by atoms with Gasteiger partial charge >= 0.3 is 0 Å². The third-order valence-corrected chi connectivity index (χ3v) is 3.97. The Labute approximate surface area is 148 Å². The van der Waals surface area contributed by atoms with Crippen LogP contribution in [0.15, 0.2) is 48.7 Å². The summed E-state index contributed by atoms with van der Waals surface area (Å²) >= 11 is 5.98. The second kappa shape index (κ2) is 7.31. The smallest absolute Gasteiger partial charge is 0.269 e. The van der Waals surface area contributed by atoms with Crippen molar-refractivity contribution >= 4 is 29.3 Å². The average Bonchev–Trinajstić information content (AvgIpc) is 2.57. The summed E-state index contributed by atoms with van der Waals surface area (Å²) in [7, 11) is 0. The molecule has 0 unspecified atom stereocenters. The molecule has 128 valence electrons. The summed E-state index contributed by atoms with van der Waals surface area (Å²) in [6.07, 6.45) is 4.51. The number of rotatable bonds is 5. The van der Waals surface area contributed by atoms with Crippen LogP contribution in [0.25, 0.3) is 6.08 Å². The molecule has 2 aromatic rings. The molecule has 3 rings (SSSR count). The van der Waals surface area contributed by atoms with Crippen molar-refractivity contribution in [2.45, 2.75) is 6.10 Å². The molecule has 25 heavy (non-hydrogen) atoms. The van der Waals surface area contributed by atoms with E-state index in [1.165, 1.54) is 18.2 Å². The summed E-state index contributed by atoms with van der Waals surface area (Å²) < 4.78 is 5.63. The van der Waals surface area contributed by atoms with Crippen molar-refractivity contribution in [3.8, 4) is 5.88 Å². The monoisotopic (exact) mass is 359 g/mol. The minimum absolute atomic E-state index is 0.0133. The van der Waals surface area contributed by atoms with Crippen LogP contribution >= 0.6 is 11.6 Å². The minimum atomic E-state index is -0.466. The number of halogens is 1. The van der Waals surface area contributed by atoms with Crippen molar-refractivity contribution in [3.63, 3.8) is 0 Å². The van der Waals surface area contributed by atoms with Crippen molar-refractivity contribution in [1.82, 2.24) is 9.88 Å². The Balaban J connectivity index is 1.50. The summed E-state index contributed by atoms with van der Waals surface area (Å²) in [6, 6.07) is 9.38. The van der Waals surface area contributed by atoms with Gasteiger partial charge in [-0.1, -0.05) is 11.6 Å². The minimum Gasteiger partial charge on any atom is -0.470 e. The highest BCUT2D eigenvalue weighted by Crippen LogP contribution is 2.24. The fraction of sp³-hybridized carbons (Fsp3) is 0.176. The quantitative estimate of drug-likeness (QED) is 0.465. The summed E-state index contributed by atoms with van der Waals surface area (Å²) in [6.45, 7) is 0.909. The molecule has 0 saturated carbocycles. The summed E-state index contributed by atoms with van der Waals surface area (Å²) in [5.41, 5.74) is 0.729. The standard InChI is InChI=1S/C17H14ClN3O4/c18-15-2-1-9-19-17(15)25-14-10-20(11-14)16(22)8-5-12-3-6-13(7-4-12)21(23)24/h1-9,14H,10-11H2/b8-5+. The molecule has 0 N–H and O–H groups in total. The van der Waals surface area contributed by atoms with Crippen LogP contribution in [0.2, 0.25) is 5.02 Å². The molecular weight excluding hydrogens is 346 g/mol. The van der Waals surface area contributed by atoms with Gasteiger partial charge in [-0.2, -0.15) is 0 Å². The zero-order valence-electron chi connectivity index (χ0n) is 13.0. The molecule has 0 spiro atoms. The van der Waals surface area contributed by atoms with Gasteiger partial charge in [-0.25, -0.2) is 4.98 Å². The lowest BCUT2D eigenvalue weighted by Gasteiger charge is -2.38. The number of benzene rings is 1. The van der Waals surface area contributed by atoms with Crippen molar-refractivity contribution in [2.75, 3.05) is 13.1 Å². The number of aromatic nitrogens is 1. The van der Waals surface area contributed by atoms with E-state index in [4.69, 9.17) is 16.3 Å². The number of ether oxygens (including phenoxy) is 1. The Bertz CT molecular complexity index is 817. The summed E-state index contributed by atoms with van der Waals surface area (Å²) in [5, 5.41) is 11.0. The normalized spacial score (nSPS) is 14.4. The predicted octanol–water partition coefficient (Wildman–Crippen LogP) is 2.95. The molecule has 1 aromatic heterocycles. The van der Waals surface area contributed by atoms with Gasteiger partial charge in [-0.05, 0) is 35.9 Å². The molecule has 0 bridgehead atoms. The highest BCUT2D eigenvalue weighted by molar-refractivity contribution is 6.31. The maximum atomic E-state index is 12.1. The van der Waals surface area contributed by atoms with E-state index >= 15 is 0 Å². The zero-order valence-corrected chi connectivity index (χ0v) is 13.8. The predicted molar refractivity (Wildman–Crippen MR) is 92.4 cm³/mol. The number of hydrogen-bond acceptors (Lipinski definition) is 5. The van der Waals surface area contributed by atoms with Crippen LogP contribution in [0.4, 0.5) is 5.69 Å². The lowest BCUT2D eigenvalue weighted by molar-refractivity contribution is -0.384. The van der Waals surface area contributed by atoms with Crippen LogP contribution in [0.3, 0.4) is 0 Å². The number of nitro groups is 1. The van der Waals surface area contributed by atoms with E-state index in [9.17, 15) is 14.9 Å². The second-order valence-corrected chi connectivity index (χ2v) is 5.86. The largest absolute Gasteiger partial charge is 0.470 e. The van der Waals surface area contributed by atoms with Crippen LogP contribution in [0.1, 0.15) is 5.56 Å². The molecular formula is C17H14ClN3O4. The van der Waals surface area contributed by atoms with Crippen LogP contribution in [0, 0.1) is 10.1 Å². The molecule has 1 aliphatic rings. The Hall–Kier alpha value is -2.93. The van der Waals surface area contributed by atoms with Crippen LogP contribution in [-0.4, -0.2) is 39.9 Å². The Morgan fingerprint density at radius 3 is 2.68 bits per heavy atom. The number of carbonyl (C=O) groups is 1. The molecule has 0 aliphatic carbocycles. The van der Waals surface area contributed by atoms with Gasteiger partial charge in [0, 0.05) is 24.4 Å². The van der Waals surface area contributed by atoms with Gasteiger partial charge in [-0.15, -0.1) is 0 Å². The maximum Gasteiger partial charge on any atom is 0.269 e. The van der Waals surface area contributed by atoms with E-state index in [0.717, 1.165) is 0 Å². The number of carbonyl (C=O) groups excluding carboxylic acids is 1. The lowest BCUT2D eigenvalue weighted by Crippen LogP contribution is -2.55. The highest BCUT2D eigenvalue weighted by Gasteiger charge is 2.31. The lowest BCUT2D eigenvalue weighted by atomic mass is 10.1. The van der Waals surface area contributed by atoms with Crippen LogP contribution < -0.4 is 4.74 Å². The first kappa shape index (κ1) is 16.9. The van der Waals surface area contributed by atoms with E-state index in [0.29, 0.717) is 29.6 Å². The molecule has 7 nitrogen and oxygen atoms in total. The number of pyridine rings is 1. The Kier molecular flexibility index (Phi) is 4.95. The van der Waals surface area contributed by atoms with Gasteiger partial charge in [-0.3, -0.25) is 14.9 Å². The molecule has 1 saturated heterocycles. The van der Waals surface area contributed by atoms with E-state index < -0.39 is 4.92 Å². The van der Waals surface area contributed by atoms with Crippen molar-refractivity contribution in [3.05, 3.63) is 69.4 Å². The first-order valence-electron chi connectivity index (χ1n) is 7.51. The first-order chi connectivity index (χ1) is 12.0. The maximum absolute atomic E-state index is 12.1. The van der Waals surface area contributed by atoms with Crippen LogP contribution in [0.5, 0.6) is 5.88 Å². The van der Waals surface area contributed by atoms with Crippen molar-refractivity contribution < 1.29 is 14.5 Å². The molecule has 0 atom stereocenters. The van der Waals surface area contributed by atoms with Gasteiger partial charge in [0.05, 0.1) is 18.0 Å². The number of non-ortho nitro benzene ring substituents is 1. The Morgan fingerprint density at radius 2 is 2.04 bits per heavy atom. The van der Waals surface area contributed by atoms with Gasteiger partial charge < -0.3 is 9.64 Å². The van der Waals surface area contributed by atoms with Crippen molar-refractivity contribution in [2.24, 2.45) is 0 Å². The molecule has 2 heterocycles. The third kappa shape index (κ3) is 4.13. The highest BCUT2D eigenvalue weighted by atomic mass is 35.5. The van der Waals surface area contributed by atoms with Gasteiger partial charge in [0.15, 0.2) is 0 Å². The first-order valence-corrected chi connectivity index (χ1v) is 7.89. The summed E-state index contributed by atoms with van der Waals surface area (Å²) in [4.78, 5) is 27.9.